The van der Waals surface area contributed by atoms with E-state index in [4.69, 9.17) is 0 Å². The molecular weight excluding hydrogens is 314 g/mol. The first-order valence-electron chi connectivity index (χ1n) is 7.46. The van der Waals surface area contributed by atoms with Gasteiger partial charge in [0.15, 0.2) is 9.84 Å². The van der Waals surface area contributed by atoms with Gasteiger partial charge in [0.2, 0.25) is 0 Å². The predicted octanol–water partition coefficient (Wildman–Crippen LogP) is 1.64. The molecule has 1 aromatic heterocycles. The largest absolute Gasteiger partial charge is 0.336 e. The summed E-state index contributed by atoms with van der Waals surface area (Å²) in [6, 6.07) is 9.31. The van der Waals surface area contributed by atoms with E-state index < -0.39 is 9.84 Å². The van der Waals surface area contributed by atoms with Crippen molar-refractivity contribution in [1.29, 1.82) is 0 Å². The molecule has 1 aliphatic rings. The highest BCUT2D eigenvalue weighted by Crippen LogP contribution is 2.21. The summed E-state index contributed by atoms with van der Waals surface area (Å²) in [5.74, 6) is -0.0564. The van der Waals surface area contributed by atoms with E-state index in [-0.39, 0.29) is 23.5 Å². The van der Waals surface area contributed by atoms with Gasteiger partial charge in [0.05, 0.1) is 17.2 Å². The molecule has 1 aromatic carbocycles. The van der Waals surface area contributed by atoms with E-state index in [0.29, 0.717) is 17.8 Å². The lowest BCUT2D eigenvalue weighted by atomic mass is 10.1. The number of aryl methyl sites for hydroxylation is 1. The van der Waals surface area contributed by atoms with Crippen LogP contribution >= 0.6 is 0 Å². The van der Waals surface area contributed by atoms with Crippen LogP contribution in [0.1, 0.15) is 22.5 Å². The smallest absolute Gasteiger partial charge is 0.271 e. The Hall–Kier alpha value is -2.15. The third kappa shape index (κ3) is 3.29. The van der Waals surface area contributed by atoms with Gasteiger partial charge in [-0.15, -0.1) is 0 Å². The fourth-order valence-electron chi connectivity index (χ4n) is 2.74. The van der Waals surface area contributed by atoms with Gasteiger partial charge < -0.3 is 4.90 Å². The first kappa shape index (κ1) is 15.7. The minimum absolute atomic E-state index is 0.0359. The van der Waals surface area contributed by atoms with Crippen molar-refractivity contribution in [2.24, 2.45) is 0 Å². The molecule has 0 spiro atoms. The van der Waals surface area contributed by atoms with Crippen molar-refractivity contribution in [2.45, 2.75) is 19.4 Å². The van der Waals surface area contributed by atoms with Crippen LogP contribution in [0.2, 0.25) is 0 Å². The third-order valence-electron chi connectivity index (χ3n) is 4.23. The van der Waals surface area contributed by atoms with Crippen LogP contribution in [0.5, 0.6) is 0 Å². The van der Waals surface area contributed by atoms with Crippen LogP contribution in [0.4, 0.5) is 0 Å². The summed E-state index contributed by atoms with van der Waals surface area (Å²) in [7, 11) is -1.38. The lowest BCUT2D eigenvalue weighted by Crippen LogP contribution is -2.38. The molecule has 3 rings (SSSR count). The SMILES string of the molecule is Cc1ccc(-c2cc(C(=O)N(C)C3CCS(=O)(=O)C3)[nH]n2)cc1. The standard InChI is InChI=1S/C16H19N3O3S/c1-11-3-5-12(6-4-11)14-9-15(18-17-14)16(20)19(2)13-7-8-23(21,22)10-13/h3-6,9,13H,7-8,10H2,1-2H3,(H,17,18). The van der Waals surface area contributed by atoms with Gasteiger partial charge in [-0.2, -0.15) is 5.10 Å². The predicted molar refractivity (Wildman–Crippen MR) is 87.9 cm³/mol. The van der Waals surface area contributed by atoms with Crippen molar-refractivity contribution in [3.05, 3.63) is 41.6 Å². The van der Waals surface area contributed by atoms with Crippen LogP contribution in [-0.4, -0.2) is 54.0 Å². The van der Waals surface area contributed by atoms with Gasteiger partial charge >= 0.3 is 0 Å². The molecule has 7 heteroatoms. The summed E-state index contributed by atoms with van der Waals surface area (Å²) in [6.07, 6.45) is 0.490. The highest BCUT2D eigenvalue weighted by atomic mass is 32.2. The Morgan fingerprint density at radius 1 is 1.30 bits per heavy atom. The second-order valence-electron chi connectivity index (χ2n) is 6.01. The number of aromatic amines is 1. The topological polar surface area (TPSA) is 83.1 Å². The van der Waals surface area contributed by atoms with Crippen LogP contribution in [0.3, 0.4) is 0 Å². The number of hydrogen-bond donors (Lipinski definition) is 1. The molecule has 1 amide bonds. The summed E-state index contributed by atoms with van der Waals surface area (Å²) in [5, 5.41) is 6.94. The normalized spacial score (nSPS) is 19.7. The Bertz CT molecular complexity index is 825. The number of carbonyl (C=O) groups is 1. The molecule has 23 heavy (non-hydrogen) atoms. The zero-order chi connectivity index (χ0) is 16.6. The Labute approximate surface area is 135 Å². The van der Waals surface area contributed by atoms with Gasteiger partial charge in [0.25, 0.3) is 5.91 Å². The lowest BCUT2D eigenvalue weighted by molar-refractivity contribution is 0.0741. The zero-order valence-electron chi connectivity index (χ0n) is 13.1. The highest BCUT2D eigenvalue weighted by molar-refractivity contribution is 7.91. The highest BCUT2D eigenvalue weighted by Gasteiger charge is 2.33. The monoisotopic (exact) mass is 333 g/mol. The van der Waals surface area contributed by atoms with E-state index in [9.17, 15) is 13.2 Å². The number of sulfone groups is 1. The van der Waals surface area contributed by atoms with Crippen molar-refractivity contribution < 1.29 is 13.2 Å². The fourth-order valence-corrected chi connectivity index (χ4v) is 4.51. The average molecular weight is 333 g/mol. The summed E-state index contributed by atoms with van der Waals surface area (Å²) >= 11 is 0. The van der Waals surface area contributed by atoms with Crippen molar-refractivity contribution in [2.75, 3.05) is 18.6 Å². The molecule has 1 aliphatic heterocycles. The van der Waals surface area contributed by atoms with E-state index >= 15 is 0 Å². The lowest BCUT2D eigenvalue weighted by Gasteiger charge is -2.22. The summed E-state index contributed by atoms with van der Waals surface area (Å²) in [4.78, 5) is 14.0. The third-order valence-corrected chi connectivity index (χ3v) is 5.98. The number of rotatable bonds is 3. The second-order valence-corrected chi connectivity index (χ2v) is 8.23. The Morgan fingerprint density at radius 3 is 2.61 bits per heavy atom. The van der Waals surface area contributed by atoms with E-state index in [1.807, 2.05) is 31.2 Å². The number of benzene rings is 1. The van der Waals surface area contributed by atoms with Crippen LogP contribution < -0.4 is 0 Å². The summed E-state index contributed by atoms with van der Waals surface area (Å²) in [5.41, 5.74) is 3.15. The van der Waals surface area contributed by atoms with Crippen LogP contribution in [0.25, 0.3) is 11.3 Å². The number of nitrogens with zero attached hydrogens (tertiary/aromatic N) is 2. The summed E-state index contributed by atoms with van der Waals surface area (Å²) in [6.45, 7) is 2.01. The van der Waals surface area contributed by atoms with Gasteiger partial charge in [0, 0.05) is 18.7 Å². The van der Waals surface area contributed by atoms with E-state index in [2.05, 4.69) is 10.2 Å². The van der Waals surface area contributed by atoms with Crippen molar-refractivity contribution in [3.63, 3.8) is 0 Å². The molecule has 1 unspecified atom stereocenters. The maximum absolute atomic E-state index is 12.5. The van der Waals surface area contributed by atoms with E-state index in [1.54, 1.807) is 13.1 Å². The van der Waals surface area contributed by atoms with Crippen LogP contribution in [0.15, 0.2) is 30.3 Å². The van der Waals surface area contributed by atoms with Crippen molar-refractivity contribution in [1.82, 2.24) is 15.1 Å². The second kappa shape index (κ2) is 5.81. The van der Waals surface area contributed by atoms with E-state index in [0.717, 1.165) is 11.1 Å². The fraction of sp³-hybridized carbons (Fsp3) is 0.375. The molecule has 6 nitrogen and oxygen atoms in total. The molecule has 0 aliphatic carbocycles. The van der Waals surface area contributed by atoms with Gasteiger partial charge in [-0.3, -0.25) is 9.89 Å². The average Bonchev–Trinajstić information content (AvgIpc) is 3.13. The first-order valence-corrected chi connectivity index (χ1v) is 9.28. The number of nitrogens with one attached hydrogen (secondary N) is 1. The molecule has 1 fully saturated rings. The molecule has 0 bridgehead atoms. The van der Waals surface area contributed by atoms with Gasteiger partial charge in [-0.1, -0.05) is 29.8 Å². The minimum atomic E-state index is -3.02. The Kier molecular flexibility index (Phi) is 3.97. The van der Waals surface area contributed by atoms with Crippen LogP contribution in [-0.2, 0) is 9.84 Å². The number of H-pyrrole nitrogens is 1. The number of carbonyl (C=O) groups excluding carboxylic acids is 1. The van der Waals surface area contributed by atoms with Gasteiger partial charge in [-0.25, -0.2) is 8.42 Å². The number of hydrogen-bond acceptors (Lipinski definition) is 4. The van der Waals surface area contributed by atoms with Gasteiger partial charge in [0.1, 0.15) is 5.69 Å². The van der Waals surface area contributed by atoms with E-state index in [1.165, 1.54) is 4.90 Å². The molecule has 1 N–H and O–H groups in total. The molecule has 2 heterocycles. The molecular formula is C16H19N3O3S. The molecule has 1 atom stereocenters. The molecule has 122 valence electrons. The summed E-state index contributed by atoms with van der Waals surface area (Å²) < 4.78 is 23.1. The Morgan fingerprint density at radius 2 is 2.00 bits per heavy atom. The Balaban J connectivity index is 1.77. The molecule has 1 saturated heterocycles. The van der Waals surface area contributed by atoms with Crippen molar-refractivity contribution >= 4 is 15.7 Å². The molecule has 0 radical (unpaired) electrons. The first-order chi connectivity index (χ1) is 10.9. The quantitative estimate of drug-likeness (QED) is 0.926. The zero-order valence-corrected chi connectivity index (χ0v) is 13.9. The number of amides is 1. The number of aromatic nitrogens is 2. The van der Waals surface area contributed by atoms with Gasteiger partial charge in [-0.05, 0) is 19.4 Å². The minimum Gasteiger partial charge on any atom is -0.336 e. The molecule has 0 saturated carbocycles. The maximum Gasteiger partial charge on any atom is 0.271 e. The van der Waals surface area contributed by atoms with Crippen molar-refractivity contribution in [3.8, 4) is 11.3 Å². The molecule has 2 aromatic rings. The van der Waals surface area contributed by atoms with Crippen LogP contribution in [0, 0.1) is 6.92 Å². The maximum atomic E-state index is 12.5.